The first-order valence-corrected chi connectivity index (χ1v) is 14.2. The number of aromatic nitrogens is 4. The number of amides is 1. The van der Waals surface area contributed by atoms with E-state index >= 15 is 0 Å². The number of fused-ring (bicyclic) bond motifs is 1. The standard InChI is InChI=1S/C28H35F2N7O4/c1-34-10-11-36(17-24(34)38)27(39)18-6-8-19(9-7-18)41-23-16-22(32-28(33-23)35-12-14-40-15-13-35)37-21-5-3-2-4-20(21)31-26(37)25(29)30/h2-5,16,18-19,24-25,38H,6-15,17H2,1H3. The summed E-state index contributed by atoms with van der Waals surface area (Å²) < 4.78 is 41.4. The molecule has 1 amide bonds. The second kappa shape index (κ2) is 11.8. The van der Waals surface area contributed by atoms with Crippen molar-refractivity contribution in [3.63, 3.8) is 0 Å². The molecule has 0 spiro atoms. The number of alkyl halides is 2. The van der Waals surface area contributed by atoms with Crippen LogP contribution in [0.15, 0.2) is 30.3 Å². The van der Waals surface area contributed by atoms with E-state index in [0.717, 1.165) is 0 Å². The van der Waals surface area contributed by atoms with Crippen molar-refractivity contribution in [2.24, 2.45) is 5.92 Å². The van der Waals surface area contributed by atoms with Crippen molar-refractivity contribution in [1.29, 1.82) is 0 Å². The van der Waals surface area contributed by atoms with Crippen LogP contribution in [0.5, 0.6) is 5.88 Å². The lowest BCUT2D eigenvalue weighted by Crippen LogP contribution is -2.54. The fraction of sp³-hybridized carbons (Fsp3) is 0.571. The maximum Gasteiger partial charge on any atom is 0.296 e. The minimum absolute atomic E-state index is 0.0843. The number of hydrogen-bond donors (Lipinski definition) is 1. The van der Waals surface area contributed by atoms with Crippen LogP contribution in [0.2, 0.25) is 0 Å². The molecule has 11 nitrogen and oxygen atoms in total. The van der Waals surface area contributed by atoms with Gasteiger partial charge in [-0.15, -0.1) is 0 Å². The first-order chi connectivity index (χ1) is 19.9. The molecule has 6 rings (SSSR count). The van der Waals surface area contributed by atoms with Gasteiger partial charge in [0.25, 0.3) is 6.43 Å². The summed E-state index contributed by atoms with van der Waals surface area (Å²) in [6.07, 6.45) is -0.957. The Hall–Kier alpha value is -3.42. The normalized spacial score (nSPS) is 24.3. The van der Waals surface area contributed by atoms with Crippen molar-refractivity contribution >= 4 is 22.9 Å². The quantitative estimate of drug-likeness (QED) is 0.478. The first kappa shape index (κ1) is 27.7. The molecule has 0 bridgehead atoms. The van der Waals surface area contributed by atoms with Crippen LogP contribution in [-0.2, 0) is 9.53 Å². The van der Waals surface area contributed by atoms with E-state index in [9.17, 15) is 18.7 Å². The summed E-state index contributed by atoms with van der Waals surface area (Å²) in [6, 6.07) is 8.56. The minimum atomic E-state index is -2.80. The molecule has 3 aromatic rings. The summed E-state index contributed by atoms with van der Waals surface area (Å²) in [7, 11) is 1.85. The Bertz CT molecular complexity index is 1370. The van der Waals surface area contributed by atoms with Crippen LogP contribution in [0.4, 0.5) is 14.7 Å². The van der Waals surface area contributed by atoms with Gasteiger partial charge < -0.3 is 24.4 Å². The smallest absolute Gasteiger partial charge is 0.296 e. The van der Waals surface area contributed by atoms with Gasteiger partial charge in [0.2, 0.25) is 17.7 Å². The highest BCUT2D eigenvalue weighted by Crippen LogP contribution is 2.32. The van der Waals surface area contributed by atoms with Gasteiger partial charge >= 0.3 is 0 Å². The van der Waals surface area contributed by atoms with Crippen LogP contribution in [0.1, 0.15) is 37.9 Å². The SMILES string of the molecule is CN1CCN(C(=O)C2CCC(Oc3cc(-n4c(C(F)F)nc5ccccc54)nc(N4CCOCC4)n3)CC2)CC1O. The van der Waals surface area contributed by atoms with E-state index in [0.29, 0.717) is 94.5 Å². The zero-order chi connectivity index (χ0) is 28.5. The summed E-state index contributed by atoms with van der Waals surface area (Å²) in [5.41, 5.74) is 0.973. The minimum Gasteiger partial charge on any atom is -0.474 e. The van der Waals surface area contributed by atoms with Crippen molar-refractivity contribution in [2.45, 2.75) is 44.4 Å². The summed E-state index contributed by atoms with van der Waals surface area (Å²) >= 11 is 0. The van der Waals surface area contributed by atoms with Crippen LogP contribution < -0.4 is 9.64 Å². The number of nitrogens with zero attached hydrogens (tertiary/aromatic N) is 7. The number of imidazole rings is 1. The number of para-hydroxylation sites is 2. The summed E-state index contributed by atoms with van der Waals surface area (Å²) in [4.78, 5) is 32.2. The molecule has 1 unspecified atom stereocenters. The lowest BCUT2D eigenvalue weighted by atomic mass is 9.86. The highest BCUT2D eigenvalue weighted by atomic mass is 19.3. The molecule has 1 N–H and O–H groups in total. The molecule has 1 aliphatic carbocycles. The first-order valence-electron chi connectivity index (χ1n) is 14.2. The molecular weight excluding hydrogens is 536 g/mol. The monoisotopic (exact) mass is 571 g/mol. The van der Waals surface area contributed by atoms with Gasteiger partial charge in [0, 0.05) is 38.2 Å². The molecule has 2 aliphatic heterocycles. The Morgan fingerprint density at radius 3 is 2.54 bits per heavy atom. The number of morpholine rings is 1. The van der Waals surface area contributed by atoms with E-state index in [2.05, 4.69) is 15.0 Å². The number of halogens is 2. The molecule has 41 heavy (non-hydrogen) atoms. The molecule has 3 fully saturated rings. The topological polar surface area (TPSA) is 109 Å². The molecule has 4 heterocycles. The zero-order valence-corrected chi connectivity index (χ0v) is 23.0. The Morgan fingerprint density at radius 2 is 1.80 bits per heavy atom. The van der Waals surface area contributed by atoms with Crippen molar-refractivity contribution in [3.8, 4) is 11.7 Å². The Balaban J connectivity index is 1.23. The number of aliphatic hydroxyl groups is 1. The van der Waals surface area contributed by atoms with Gasteiger partial charge in [0.15, 0.2) is 5.82 Å². The molecule has 1 atom stereocenters. The van der Waals surface area contributed by atoms with Gasteiger partial charge in [-0.1, -0.05) is 12.1 Å². The maximum absolute atomic E-state index is 14.1. The van der Waals surface area contributed by atoms with E-state index in [1.54, 1.807) is 35.2 Å². The molecule has 13 heteroatoms. The summed E-state index contributed by atoms with van der Waals surface area (Å²) in [5, 5.41) is 10.2. The number of ether oxygens (including phenoxy) is 2. The number of rotatable bonds is 6. The number of hydrogen-bond acceptors (Lipinski definition) is 9. The Morgan fingerprint density at radius 1 is 1.05 bits per heavy atom. The zero-order valence-electron chi connectivity index (χ0n) is 23.0. The summed E-state index contributed by atoms with van der Waals surface area (Å²) in [6.45, 7) is 3.76. The average Bonchev–Trinajstić information content (AvgIpc) is 3.39. The van der Waals surface area contributed by atoms with E-state index in [4.69, 9.17) is 9.47 Å². The number of β-amino-alcohol motifs (C(OH)–C–C–N with tert-alkyl or cyclic N) is 1. The second-order valence-electron chi connectivity index (χ2n) is 10.9. The maximum atomic E-state index is 14.1. The van der Waals surface area contributed by atoms with Crippen LogP contribution in [-0.4, -0.2) is 106 Å². The van der Waals surface area contributed by atoms with Crippen LogP contribution >= 0.6 is 0 Å². The number of piperazine rings is 1. The molecule has 1 saturated carbocycles. The van der Waals surface area contributed by atoms with E-state index < -0.39 is 18.5 Å². The highest BCUT2D eigenvalue weighted by molar-refractivity contribution is 5.79. The lowest BCUT2D eigenvalue weighted by molar-refractivity contribution is -0.144. The molecule has 0 radical (unpaired) electrons. The number of anilines is 1. The van der Waals surface area contributed by atoms with Crippen LogP contribution in [0, 0.1) is 5.92 Å². The van der Waals surface area contributed by atoms with E-state index in [1.165, 1.54) is 4.57 Å². The molecule has 2 saturated heterocycles. The van der Waals surface area contributed by atoms with Crippen molar-refractivity contribution in [3.05, 3.63) is 36.2 Å². The average molecular weight is 572 g/mol. The molecule has 1 aromatic carbocycles. The summed E-state index contributed by atoms with van der Waals surface area (Å²) in [5.74, 6) is 0.528. The van der Waals surface area contributed by atoms with Gasteiger partial charge in [-0.25, -0.2) is 13.8 Å². The largest absolute Gasteiger partial charge is 0.474 e. The van der Waals surface area contributed by atoms with Crippen molar-refractivity contribution < 1.29 is 28.2 Å². The molecule has 2 aromatic heterocycles. The third-order valence-corrected chi connectivity index (χ3v) is 8.22. The number of carbonyl (C=O) groups is 1. The fourth-order valence-corrected chi connectivity index (χ4v) is 5.82. The van der Waals surface area contributed by atoms with Gasteiger partial charge in [0.05, 0.1) is 30.8 Å². The Kier molecular flexibility index (Phi) is 8.00. The third-order valence-electron chi connectivity index (χ3n) is 8.22. The van der Waals surface area contributed by atoms with E-state index in [1.807, 2.05) is 16.8 Å². The van der Waals surface area contributed by atoms with Gasteiger partial charge in [-0.3, -0.25) is 14.3 Å². The van der Waals surface area contributed by atoms with E-state index in [-0.39, 0.29) is 23.7 Å². The number of aliphatic hydroxyl groups excluding tert-OH is 1. The lowest BCUT2D eigenvalue weighted by Gasteiger charge is -2.39. The number of likely N-dealkylation sites (N-methyl/N-ethyl adjacent to an activating group) is 1. The molecular formula is C28H35F2N7O4. The molecule has 220 valence electrons. The highest BCUT2D eigenvalue weighted by Gasteiger charge is 2.34. The number of carbonyl (C=O) groups excluding carboxylic acids is 1. The van der Waals surface area contributed by atoms with Crippen LogP contribution in [0.3, 0.4) is 0 Å². The van der Waals surface area contributed by atoms with Crippen molar-refractivity contribution in [1.82, 2.24) is 29.3 Å². The van der Waals surface area contributed by atoms with Crippen LogP contribution in [0.25, 0.3) is 16.9 Å². The molecule has 3 aliphatic rings. The van der Waals surface area contributed by atoms with Gasteiger partial charge in [0.1, 0.15) is 18.1 Å². The Labute approximate surface area is 236 Å². The predicted octanol–water partition coefficient (Wildman–Crippen LogP) is 2.62. The third kappa shape index (κ3) is 5.84. The van der Waals surface area contributed by atoms with Crippen molar-refractivity contribution in [2.75, 3.05) is 57.9 Å². The number of benzene rings is 1. The predicted molar refractivity (Wildman–Crippen MR) is 146 cm³/mol. The second-order valence-corrected chi connectivity index (χ2v) is 10.9. The fourth-order valence-electron chi connectivity index (χ4n) is 5.82. The van der Waals surface area contributed by atoms with Gasteiger partial charge in [-0.2, -0.15) is 9.97 Å². The van der Waals surface area contributed by atoms with Gasteiger partial charge in [-0.05, 0) is 44.9 Å².